The number of hydrogen-bond donors (Lipinski definition) is 2. The van der Waals surface area contributed by atoms with Crippen molar-refractivity contribution >= 4 is 29.9 Å². The molecular formula is C17H36IN3O2. The fraction of sp³-hybridized carbons (Fsp3) is 0.941. The Morgan fingerprint density at radius 3 is 2.39 bits per heavy atom. The number of halogens is 1. The Balaban J connectivity index is 0.00000484. The summed E-state index contributed by atoms with van der Waals surface area (Å²) in [6.45, 7) is 8.93. The van der Waals surface area contributed by atoms with Crippen molar-refractivity contribution in [1.82, 2.24) is 10.6 Å². The molecule has 2 N–H and O–H groups in total. The van der Waals surface area contributed by atoms with Crippen LogP contribution in [-0.2, 0) is 9.47 Å². The van der Waals surface area contributed by atoms with Gasteiger partial charge in [0.15, 0.2) is 5.96 Å². The summed E-state index contributed by atoms with van der Waals surface area (Å²) >= 11 is 0. The van der Waals surface area contributed by atoms with E-state index in [0.717, 1.165) is 64.1 Å². The minimum atomic E-state index is 0. The second-order valence-electron chi connectivity index (χ2n) is 6.35. The number of ether oxygens (including phenoxy) is 2. The molecule has 1 fully saturated rings. The van der Waals surface area contributed by atoms with Gasteiger partial charge >= 0.3 is 0 Å². The summed E-state index contributed by atoms with van der Waals surface area (Å²) in [6, 6.07) is 0. The SMILES string of the molecule is CN=C(NCCCCC(C)C)NCCCOC1CCOCC1.I. The lowest BCUT2D eigenvalue weighted by Crippen LogP contribution is -2.38. The van der Waals surface area contributed by atoms with Crippen LogP contribution in [0, 0.1) is 5.92 Å². The number of hydrogen-bond acceptors (Lipinski definition) is 3. The zero-order valence-corrected chi connectivity index (χ0v) is 17.4. The van der Waals surface area contributed by atoms with Crippen molar-refractivity contribution < 1.29 is 9.47 Å². The van der Waals surface area contributed by atoms with Crippen molar-refractivity contribution in [1.29, 1.82) is 0 Å². The Labute approximate surface area is 159 Å². The summed E-state index contributed by atoms with van der Waals surface area (Å²) in [7, 11) is 1.82. The topological polar surface area (TPSA) is 54.9 Å². The van der Waals surface area contributed by atoms with Crippen LogP contribution in [0.5, 0.6) is 0 Å². The predicted octanol–water partition coefficient (Wildman–Crippen LogP) is 3.18. The third-order valence-corrected chi connectivity index (χ3v) is 3.86. The predicted molar refractivity (Wildman–Crippen MR) is 108 cm³/mol. The molecule has 1 aliphatic rings. The largest absolute Gasteiger partial charge is 0.381 e. The van der Waals surface area contributed by atoms with Crippen molar-refractivity contribution in [3.05, 3.63) is 0 Å². The summed E-state index contributed by atoms with van der Waals surface area (Å²) in [5, 5.41) is 6.71. The molecule has 0 bridgehead atoms. The Morgan fingerprint density at radius 1 is 1.13 bits per heavy atom. The molecule has 1 rings (SSSR count). The Bertz CT molecular complexity index is 296. The molecule has 0 aromatic carbocycles. The third-order valence-electron chi connectivity index (χ3n) is 3.86. The van der Waals surface area contributed by atoms with Crippen LogP contribution in [0.2, 0.25) is 0 Å². The minimum absolute atomic E-state index is 0. The summed E-state index contributed by atoms with van der Waals surface area (Å²) in [6.07, 6.45) is 7.25. The van der Waals surface area contributed by atoms with Gasteiger partial charge in [-0.15, -0.1) is 24.0 Å². The van der Waals surface area contributed by atoms with E-state index in [1.807, 2.05) is 7.05 Å². The molecule has 5 nitrogen and oxygen atoms in total. The van der Waals surface area contributed by atoms with E-state index in [4.69, 9.17) is 9.47 Å². The minimum Gasteiger partial charge on any atom is -0.381 e. The molecule has 1 heterocycles. The maximum absolute atomic E-state index is 5.85. The molecule has 0 aromatic rings. The normalized spacial score (nSPS) is 16.3. The van der Waals surface area contributed by atoms with Crippen molar-refractivity contribution in [3.8, 4) is 0 Å². The van der Waals surface area contributed by atoms with Crippen molar-refractivity contribution in [2.75, 3.05) is 40.0 Å². The highest BCUT2D eigenvalue weighted by Crippen LogP contribution is 2.10. The average Bonchev–Trinajstić information content (AvgIpc) is 2.53. The highest BCUT2D eigenvalue weighted by molar-refractivity contribution is 14.0. The van der Waals surface area contributed by atoms with E-state index in [2.05, 4.69) is 29.5 Å². The Kier molecular flexibility index (Phi) is 15.4. The van der Waals surface area contributed by atoms with Gasteiger partial charge in [0, 0.05) is 40.0 Å². The molecule has 1 aliphatic heterocycles. The summed E-state index contributed by atoms with van der Waals surface area (Å²) in [5.41, 5.74) is 0. The van der Waals surface area contributed by atoms with Crippen molar-refractivity contribution in [3.63, 3.8) is 0 Å². The Hall–Kier alpha value is -0.0800. The molecular weight excluding hydrogens is 405 g/mol. The van der Waals surface area contributed by atoms with Gasteiger partial charge in [0.1, 0.15) is 0 Å². The van der Waals surface area contributed by atoms with Gasteiger partial charge in [0.2, 0.25) is 0 Å². The van der Waals surface area contributed by atoms with Gasteiger partial charge in [-0.2, -0.15) is 0 Å². The van der Waals surface area contributed by atoms with Crippen LogP contribution in [0.4, 0.5) is 0 Å². The zero-order chi connectivity index (χ0) is 16.0. The van der Waals surface area contributed by atoms with Crippen molar-refractivity contribution in [2.45, 2.75) is 58.5 Å². The van der Waals surface area contributed by atoms with Gasteiger partial charge in [-0.1, -0.05) is 26.7 Å². The molecule has 0 unspecified atom stereocenters. The molecule has 0 saturated carbocycles. The maximum atomic E-state index is 5.85. The zero-order valence-electron chi connectivity index (χ0n) is 15.1. The first-order valence-electron chi connectivity index (χ1n) is 8.86. The Morgan fingerprint density at radius 2 is 1.78 bits per heavy atom. The fourth-order valence-corrected chi connectivity index (χ4v) is 2.48. The molecule has 0 radical (unpaired) electrons. The second kappa shape index (κ2) is 15.4. The monoisotopic (exact) mass is 441 g/mol. The fourth-order valence-electron chi connectivity index (χ4n) is 2.48. The molecule has 0 atom stereocenters. The van der Waals surface area contributed by atoms with Gasteiger partial charge in [0.25, 0.3) is 0 Å². The van der Waals surface area contributed by atoms with Crippen LogP contribution in [0.1, 0.15) is 52.4 Å². The van der Waals surface area contributed by atoms with Crippen LogP contribution in [0.15, 0.2) is 4.99 Å². The van der Waals surface area contributed by atoms with Crippen LogP contribution in [0.3, 0.4) is 0 Å². The number of nitrogens with one attached hydrogen (secondary N) is 2. The summed E-state index contributed by atoms with van der Waals surface area (Å²) < 4.78 is 11.2. The van der Waals surface area contributed by atoms with Gasteiger partial charge in [-0.3, -0.25) is 4.99 Å². The van der Waals surface area contributed by atoms with E-state index in [1.165, 1.54) is 19.3 Å². The summed E-state index contributed by atoms with van der Waals surface area (Å²) in [4.78, 5) is 4.25. The standard InChI is InChI=1S/C17H35N3O2.HI/c1-15(2)7-4-5-10-19-17(18-3)20-11-6-12-22-16-8-13-21-14-9-16;/h15-16H,4-14H2,1-3H3,(H2,18,19,20);1H. The van der Waals surface area contributed by atoms with Gasteiger partial charge in [-0.05, 0) is 31.6 Å². The number of nitrogens with zero attached hydrogens (tertiary/aromatic N) is 1. The smallest absolute Gasteiger partial charge is 0.190 e. The van der Waals surface area contributed by atoms with E-state index >= 15 is 0 Å². The molecule has 0 spiro atoms. The number of aliphatic imine (C=N–C) groups is 1. The van der Waals surface area contributed by atoms with E-state index in [1.54, 1.807) is 0 Å². The van der Waals surface area contributed by atoms with E-state index in [-0.39, 0.29) is 24.0 Å². The molecule has 0 aliphatic carbocycles. The van der Waals surface area contributed by atoms with Gasteiger partial charge in [-0.25, -0.2) is 0 Å². The molecule has 6 heteroatoms. The third kappa shape index (κ3) is 12.9. The van der Waals surface area contributed by atoms with E-state index < -0.39 is 0 Å². The number of unbranched alkanes of at least 4 members (excludes halogenated alkanes) is 1. The first kappa shape index (κ1) is 22.9. The number of rotatable bonds is 10. The molecule has 0 amide bonds. The lowest BCUT2D eigenvalue weighted by molar-refractivity contribution is -0.0320. The van der Waals surface area contributed by atoms with Gasteiger partial charge in [0.05, 0.1) is 6.10 Å². The highest BCUT2D eigenvalue weighted by Gasteiger charge is 2.13. The molecule has 138 valence electrons. The summed E-state index contributed by atoms with van der Waals surface area (Å²) in [5.74, 6) is 1.70. The van der Waals surface area contributed by atoms with Crippen LogP contribution in [0.25, 0.3) is 0 Å². The second-order valence-corrected chi connectivity index (χ2v) is 6.35. The maximum Gasteiger partial charge on any atom is 0.190 e. The van der Waals surface area contributed by atoms with E-state index in [0.29, 0.717) is 6.10 Å². The number of guanidine groups is 1. The lowest BCUT2D eigenvalue weighted by Gasteiger charge is -2.22. The quantitative estimate of drug-likeness (QED) is 0.237. The van der Waals surface area contributed by atoms with Crippen LogP contribution >= 0.6 is 24.0 Å². The van der Waals surface area contributed by atoms with Crippen molar-refractivity contribution in [2.24, 2.45) is 10.9 Å². The van der Waals surface area contributed by atoms with E-state index in [9.17, 15) is 0 Å². The molecule has 1 saturated heterocycles. The van der Waals surface area contributed by atoms with Crippen LogP contribution < -0.4 is 10.6 Å². The first-order valence-corrected chi connectivity index (χ1v) is 8.86. The first-order chi connectivity index (χ1) is 10.7. The lowest BCUT2D eigenvalue weighted by atomic mass is 10.1. The average molecular weight is 441 g/mol. The van der Waals surface area contributed by atoms with Gasteiger partial charge < -0.3 is 20.1 Å². The molecule has 23 heavy (non-hydrogen) atoms. The molecule has 0 aromatic heterocycles. The van der Waals surface area contributed by atoms with Crippen LogP contribution in [-0.4, -0.2) is 52.0 Å². The highest BCUT2D eigenvalue weighted by atomic mass is 127.